The van der Waals surface area contributed by atoms with Crippen LogP contribution < -0.4 is 16.0 Å². The third-order valence-electron chi connectivity index (χ3n) is 5.69. The molecule has 2 aliphatic rings. The second-order valence-electron chi connectivity index (χ2n) is 8.42. The number of hydrogen-bond donors (Lipinski definition) is 3. The lowest BCUT2D eigenvalue weighted by Gasteiger charge is -2.27. The van der Waals surface area contributed by atoms with Gasteiger partial charge < -0.3 is 10.6 Å². The van der Waals surface area contributed by atoms with Crippen LogP contribution >= 0.6 is 15.9 Å². The summed E-state index contributed by atoms with van der Waals surface area (Å²) in [5.74, 6) is -2.34. The summed E-state index contributed by atoms with van der Waals surface area (Å²) in [7, 11) is 0. The second kappa shape index (κ2) is 8.43. The van der Waals surface area contributed by atoms with Crippen molar-refractivity contribution < 1.29 is 24.0 Å². The quantitative estimate of drug-likeness (QED) is 0.543. The monoisotopic (exact) mass is 512 g/mol. The van der Waals surface area contributed by atoms with E-state index < -0.39 is 41.2 Å². The summed E-state index contributed by atoms with van der Waals surface area (Å²) >= 11 is 3.38. The molecule has 170 valence electrons. The fourth-order valence-corrected chi connectivity index (χ4v) is 4.20. The summed E-state index contributed by atoms with van der Waals surface area (Å²) in [5.41, 5.74) is 0.788. The van der Waals surface area contributed by atoms with E-state index in [2.05, 4.69) is 31.9 Å². The van der Waals surface area contributed by atoms with Gasteiger partial charge in [0.15, 0.2) is 0 Å². The van der Waals surface area contributed by atoms with Crippen LogP contribution in [0, 0.1) is 0 Å². The standard InChI is InChI=1S/C23H21BrN4O5/c1-23(2,12-3-5-13(24)6-4-12)27-22(33)25-14-7-8-15-16(11-14)21(32)28(20(15)31)17-9-10-18(29)26-19(17)30/h3-8,11,17H,9-10H2,1-2H3,(H2,25,27,33)(H,26,29,30). The van der Waals surface area contributed by atoms with Gasteiger partial charge >= 0.3 is 6.03 Å². The molecule has 0 radical (unpaired) electrons. The molecule has 9 nitrogen and oxygen atoms in total. The Balaban J connectivity index is 1.49. The van der Waals surface area contributed by atoms with Crippen molar-refractivity contribution in [2.45, 2.75) is 38.3 Å². The number of urea groups is 1. The minimum absolute atomic E-state index is 0.0466. The van der Waals surface area contributed by atoms with Crippen molar-refractivity contribution in [1.29, 1.82) is 0 Å². The van der Waals surface area contributed by atoms with Gasteiger partial charge in [-0.05, 0) is 56.2 Å². The maximum atomic E-state index is 12.9. The van der Waals surface area contributed by atoms with E-state index in [-0.39, 0.29) is 24.0 Å². The van der Waals surface area contributed by atoms with Crippen molar-refractivity contribution in [1.82, 2.24) is 15.5 Å². The summed E-state index contributed by atoms with van der Waals surface area (Å²) in [6.07, 6.45) is 0.125. The number of nitrogens with one attached hydrogen (secondary N) is 3. The molecule has 0 bridgehead atoms. The summed E-state index contributed by atoms with van der Waals surface area (Å²) in [6, 6.07) is 10.4. The molecule has 4 rings (SSSR count). The molecular weight excluding hydrogens is 492 g/mol. The zero-order chi connectivity index (χ0) is 23.9. The molecule has 2 heterocycles. The first-order chi connectivity index (χ1) is 15.6. The highest BCUT2D eigenvalue weighted by Crippen LogP contribution is 2.30. The topological polar surface area (TPSA) is 125 Å². The van der Waals surface area contributed by atoms with Gasteiger partial charge in [-0.15, -0.1) is 0 Å². The highest BCUT2D eigenvalue weighted by molar-refractivity contribution is 9.10. The lowest BCUT2D eigenvalue weighted by Crippen LogP contribution is -2.54. The third-order valence-corrected chi connectivity index (χ3v) is 6.22. The molecule has 6 amide bonds. The number of rotatable bonds is 4. The van der Waals surface area contributed by atoms with Crippen molar-refractivity contribution in [3.05, 3.63) is 63.6 Å². The van der Waals surface area contributed by atoms with E-state index in [0.717, 1.165) is 14.9 Å². The van der Waals surface area contributed by atoms with Gasteiger partial charge in [-0.3, -0.25) is 29.4 Å². The highest BCUT2D eigenvalue weighted by atomic mass is 79.9. The zero-order valence-electron chi connectivity index (χ0n) is 17.9. The summed E-state index contributed by atoms with van der Waals surface area (Å²) in [5, 5.41) is 7.73. The number of carbonyl (C=O) groups is 5. The maximum absolute atomic E-state index is 12.9. The van der Waals surface area contributed by atoms with E-state index in [1.165, 1.54) is 18.2 Å². The Morgan fingerprint density at radius 2 is 1.70 bits per heavy atom. The average Bonchev–Trinajstić information content (AvgIpc) is 2.98. The molecule has 1 atom stereocenters. The fraction of sp³-hybridized carbons (Fsp3) is 0.261. The molecule has 2 aliphatic heterocycles. The number of carbonyl (C=O) groups excluding carboxylic acids is 5. The van der Waals surface area contributed by atoms with Crippen molar-refractivity contribution in [2.24, 2.45) is 0 Å². The Morgan fingerprint density at radius 1 is 1.03 bits per heavy atom. The number of hydrogen-bond acceptors (Lipinski definition) is 5. The Morgan fingerprint density at radius 3 is 2.36 bits per heavy atom. The number of piperidine rings is 1. The van der Waals surface area contributed by atoms with Gasteiger partial charge in [-0.25, -0.2) is 4.79 Å². The molecule has 3 N–H and O–H groups in total. The molecule has 2 aromatic rings. The van der Waals surface area contributed by atoms with Crippen LogP contribution in [0.4, 0.5) is 10.5 Å². The molecule has 33 heavy (non-hydrogen) atoms. The van der Waals surface area contributed by atoms with E-state index in [1.807, 2.05) is 38.1 Å². The van der Waals surface area contributed by atoms with Crippen LogP contribution in [0.1, 0.15) is 53.0 Å². The lowest BCUT2D eigenvalue weighted by molar-refractivity contribution is -0.136. The maximum Gasteiger partial charge on any atom is 0.319 e. The van der Waals surface area contributed by atoms with E-state index in [9.17, 15) is 24.0 Å². The van der Waals surface area contributed by atoms with Crippen LogP contribution in [-0.2, 0) is 15.1 Å². The Kier molecular flexibility index (Phi) is 5.79. The molecule has 0 aliphatic carbocycles. The summed E-state index contributed by atoms with van der Waals surface area (Å²) in [4.78, 5) is 62.8. The minimum Gasteiger partial charge on any atom is -0.329 e. The van der Waals surface area contributed by atoms with Gasteiger partial charge in [0.05, 0.1) is 16.7 Å². The van der Waals surface area contributed by atoms with Gasteiger partial charge in [0, 0.05) is 16.6 Å². The molecule has 0 spiro atoms. The van der Waals surface area contributed by atoms with Gasteiger partial charge in [0.1, 0.15) is 6.04 Å². The summed E-state index contributed by atoms with van der Waals surface area (Å²) < 4.78 is 0.926. The number of benzene rings is 2. The first kappa shape index (κ1) is 22.7. The number of fused-ring (bicyclic) bond motifs is 1. The zero-order valence-corrected chi connectivity index (χ0v) is 19.5. The Labute approximate surface area is 198 Å². The van der Waals surface area contributed by atoms with Crippen molar-refractivity contribution >= 4 is 51.3 Å². The predicted octanol–water partition coefficient (Wildman–Crippen LogP) is 2.91. The second-order valence-corrected chi connectivity index (χ2v) is 9.33. The number of amides is 6. The van der Waals surface area contributed by atoms with E-state index in [1.54, 1.807) is 0 Å². The smallest absolute Gasteiger partial charge is 0.319 e. The third kappa shape index (κ3) is 4.38. The van der Waals surface area contributed by atoms with Crippen LogP contribution in [0.25, 0.3) is 0 Å². The van der Waals surface area contributed by atoms with Crippen molar-refractivity contribution in [3.63, 3.8) is 0 Å². The van der Waals surface area contributed by atoms with Gasteiger partial charge in [-0.1, -0.05) is 28.1 Å². The molecule has 1 unspecified atom stereocenters. The van der Waals surface area contributed by atoms with Crippen LogP contribution in [0.5, 0.6) is 0 Å². The lowest BCUT2D eigenvalue weighted by atomic mass is 9.94. The average molecular weight is 513 g/mol. The molecule has 1 saturated heterocycles. The fourth-order valence-electron chi connectivity index (χ4n) is 3.93. The van der Waals surface area contributed by atoms with E-state index in [4.69, 9.17) is 0 Å². The molecule has 2 aromatic carbocycles. The predicted molar refractivity (Wildman–Crippen MR) is 122 cm³/mol. The van der Waals surface area contributed by atoms with Crippen LogP contribution in [0.3, 0.4) is 0 Å². The number of halogens is 1. The Bertz CT molecular complexity index is 1190. The van der Waals surface area contributed by atoms with E-state index in [0.29, 0.717) is 5.69 Å². The minimum atomic E-state index is -1.04. The number of imide groups is 2. The molecule has 10 heteroatoms. The number of anilines is 1. The summed E-state index contributed by atoms with van der Waals surface area (Å²) in [6.45, 7) is 3.72. The molecule has 0 aromatic heterocycles. The molecule has 1 fully saturated rings. The van der Waals surface area contributed by atoms with Gasteiger partial charge in [0.25, 0.3) is 11.8 Å². The molecule has 0 saturated carbocycles. The van der Waals surface area contributed by atoms with Crippen LogP contribution in [0.15, 0.2) is 46.9 Å². The van der Waals surface area contributed by atoms with Gasteiger partial charge in [-0.2, -0.15) is 0 Å². The van der Waals surface area contributed by atoms with Crippen molar-refractivity contribution in [3.8, 4) is 0 Å². The first-order valence-corrected chi connectivity index (χ1v) is 11.1. The molecular formula is C23H21BrN4O5. The van der Waals surface area contributed by atoms with Crippen LogP contribution in [0.2, 0.25) is 0 Å². The SMILES string of the molecule is CC(C)(NC(=O)Nc1ccc2c(c1)C(=O)N(C1CCC(=O)NC1=O)C2=O)c1ccc(Br)cc1. The first-order valence-electron chi connectivity index (χ1n) is 10.3. The van der Waals surface area contributed by atoms with Gasteiger partial charge in [0.2, 0.25) is 11.8 Å². The van der Waals surface area contributed by atoms with Crippen LogP contribution in [-0.4, -0.2) is 40.6 Å². The number of nitrogens with zero attached hydrogens (tertiary/aromatic N) is 1. The van der Waals surface area contributed by atoms with E-state index >= 15 is 0 Å². The largest absolute Gasteiger partial charge is 0.329 e. The Hall–Kier alpha value is -3.53. The van der Waals surface area contributed by atoms with Crippen molar-refractivity contribution in [2.75, 3.05) is 5.32 Å². The normalized spacial score (nSPS) is 18.2. The highest BCUT2D eigenvalue weighted by Gasteiger charge is 2.44.